The second-order valence-corrected chi connectivity index (χ2v) is 4.75. The number of nitrogens with two attached hydrogens (primary N) is 1. The summed E-state index contributed by atoms with van der Waals surface area (Å²) in [4.78, 5) is 37.5. The summed E-state index contributed by atoms with van der Waals surface area (Å²) in [5.41, 5.74) is 5.35. The summed E-state index contributed by atoms with van der Waals surface area (Å²) >= 11 is 0. The lowest BCUT2D eigenvalue weighted by Gasteiger charge is -2.24. The van der Waals surface area contributed by atoms with E-state index >= 15 is 0 Å². The molecule has 0 atom stereocenters. The molecule has 0 aromatic carbocycles. The van der Waals surface area contributed by atoms with Crippen molar-refractivity contribution in [3.63, 3.8) is 0 Å². The molecule has 0 saturated carbocycles. The number of hydrogen-bond acceptors (Lipinski definition) is 4. The third-order valence-corrected chi connectivity index (χ3v) is 3.02. The minimum absolute atomic E-state index is 0.194. The van der Waals surface area contributed by atoms with Crippen molar-refractivity contribution in [2.24, 2.45) is 5.73 Å². The molecule has 0 heterocycles. The summed E-state index contributed by atoms with van der Waals surface area (Å²) in [6.45, 7) is 5.75. The molecule has 0 radical (unpaired) electrons. The maximum Gasteiger partial charge on any atom is 0.318 e. The normalized spacial score (nSPS) is 10.2. The van der Waals surface area contributed by atoms with Gasteiger partial charge in [-0.25, -0.2) is 0 Å². The minimum atomic E-state index is -0.749. The predicted octanol–water partition coefficient (Wildman–Crippen LogP) is 0.749. The fourth-order valence-corrected chi connectivity index (χ4v) is 1.73. The molecule has 0 spiro atoms. The molecular weight excluding hydrogens is 258 g/mol. The van der Waals surface area contributed by atoms with Gasteiger partial charge in [-0.2, -0.15) is 0 Å². The van der Waals surface area contributed by atoms with Crippen LogP contribution in [0.15, 0.2) is 0 Å². The van der Waals surface area contributed by atoms with Crippen molar-refractivity contribution in [1.82, 2.24) is 9.80 Å². The highest BCUT2D eigenvalue weighted by molar-refractivity contribution is 6.36. The monoisotopic (exact) mass is 285 g/mol. The number of carbonyl (C=O) groups is 3. The first-order chi connectivity index (χ1) is 9.62. The van der Waals surface area contributed by atoms with E-state index in [2.05, 4.69) is 0 Å². The first-order valence-corrected chi connectivity index (χ1v) is 7.37. The number of amides is 3. The molecule has 6 heteroatoms. The molecule has 0 aliphatic rings. The lowest BCUT2D eigenvalue weighted by atomic mass is 10.2. The molecule has 2 N–H and O–H groups in total. The van der Waals surface area contributed by atoms with Crippen LogP contribution < -0.4 is 5.73 Å². The van der Waals surface area contributed by atoms with E-state index in [4.69, 9.17) is 5.73 Å². The van der Waals surface area contributed by atoms with Gasteiger partial charge >= 0.3 is 11.8 Å². The smallest absolute Gasteiger partial charge is 0.318 e. The Balaban J connectivity index is 4.65. The van der Waals surface area contributed by atoms with E-state index in [0.717, 1.165) is 30.6 Å². The molecule has 0 unspecified atom stereocenters. The third-order valence-electron chi connectivity index (χ3n) is 3.02. The van der Waals surface area contributed by atoms with E-state index in [1.54, 1.807) is 4.90 Å². The molecule has 0 aliphatic heterocycles. The second-order valence-electron chi connectivity index (χ2n) is 4.75. The van der Waals surface area contributed by atoms with Crippen molar-refractivity contribution < 1.29 is 14.4 Å². The Morgan fingerprint density at radius 3 is 1.90 bits per heavy atom. The first kappa shape index (κ1) is 18.6. The molecule has 6 nitrogen and oxygen atoms in total. The Hall–Kier alpha value is -1.43. The Morgan fingerprint density at radius 1 is 0.950 bits per heavy atom. The minimum Gasteiger partial charge on any atom is -0.334 e. The van der Waals surface area contributed by atoms with Crippen LogP contribution in [0.5, 0.6) is 0 Å². The van der Waals surface area contributed by atoms with Gasteiger partial charge in [0.2, 0.25) is 6.41 Å². The van der Waals surface area contributed by atoms with Gasteiger partial charge in [0.15, 0.2) is 0 Å². The highest BCUT2D eigenvalue weighted by Crippen LogP contribution is 2.02. The number of hydrogen-bond donors (Lipinski definition) is 1. The van der Waals surface area contributed by atoms with Gasteiger partial charge in [-0.3, -0.25) is 19.3 Å². The summed E-state index contributed by atoms with van der Waals surface area (Å²) < 4.78 is 0. The Labute approximate surface area is 121 Å². The molecule has 3 amide bonds. The zero-order chi connectivity index (χ0) is 15.4. The maximum absolute atomic E-state index is 12.2. The average molecular weight is 285 g/mol. The second kappa shape index (κ2) is 11.4. The van der Waals surface area contributed by atoms with E-state index in [1.807, 2.05) is 13.8 Å². The Kier molecular flexibility index (Phi) is 10.6. The number of carbonyl (C=O) groups excluding carboxylic acids is 3. The Bertz CT molecular complexity index is 300. The predicted molar refractivity (Wildman–Crippen MR) is 77.8 cm³/mol. The molecule has 116 valence electrons. The summed E-state index contributed by atoms with van der Waals surface area (Å²) in [6.07, 6.45) is 4.53. The topological polar surface area (TPSA) is 83.7 Å². The van der Waals surface area contributed by atoms with Crippen LogP contribution in [-0.4, -0.2) is 54.2 Å². The zero-order valence-corrected chi connectivity index (χ0v) is 12.6. The SMILES string of the molecule is CCCCN(CCCC)C(=O)C(=O)N(C=O)CCCN. The van der Waals surface area contributed by atoms with Crippen molar-refractivity contribution in [1.29, 1.82) is 0 Å². The lowest BCUT2D eigenvalue weighted by molar-refractivity contribution is -0.154. The van der Waals surface area contributed by atoms with Crippen LogP contribution in [-0.2, 0) is 14.4 Å². The van der Waals surface area contributed by atoms with Gasteiger partial charge in [0.1, 0.15) is 0 Å². The summed E-state index contributed by atoms with van der Waals surface area (Å²) in [5, 5.41) is 0. The van der Waals surface area contributed by atoms with Gasteiger partial charge < -0.3 is 10.6 Å². The van der Waals surface area contributed by atoms with E-state index in [9.17, 15) is 14.4 Å². The zero-order valence-electron chi connectivity index (χ0n) is 12.6. The van der Waals surface area contributed by atoms with Crippen LogP contribution in [0.3, 0.4) is 0 Å². The standard InChI is InChI=1S/C14H27N3O3/c1-3-5-9-16(10-6-4-2)13(19)14(20)17(12-18)11-7-8-15/h12H,3-11,15H2,1-2H3. The first-order valence-electron chi connectivity index (χ1n) is 7.37. The third kappa shape index (κ3) is 6.65. The van der Waals surface area contributed by atoms with Crippen molar-refractivity contribution >= 4 is 18.2 Å². The highest BCUT2D eigenvalue weighted by Gasteiger charge is 2.25. The molecule has 0 fully saturated rings. The Morgan fingerprint density at radius 2 is 1.50 bits per heavy atom. The van der Waals surface area contributed by atoms with E-state index in [1.165, 1.54) is 0 Å². The molecule has 0 rings (SSSR count). The van der Waals surface area contributed by atoms with Gasteiger partial charge in [0.05, 0.1) is 0 Å². The molecule has 0 aliphatic carbocycles. The maximum atomic E-state index is 12.2. The largest absolute Gasteiger partial charge is 0.334 e. The summed E-state index contributed by atoms with van der Waals surface area (Å²) in [5.74, 6) is -1.34. The molecular formula is C14H27N3O3. The van der Waals surface area contributed by atoms with Crippen LogP contribution >= 0.6 is 0 Å². The van der Waals surface area contributed by atoms with Crippen molar-refractivity contribution in [2.45, 2.75) is 46.0 Å². The number of unbranched alkanes of at least 4 members (excludes halogenated alkanes) is 2. The molecule has 0 bridgehead atoms. The van der Waals surface area contributed by atoms with Crippen molar-refractivity contribution in [3.05, 3.63) is 0 Å². The van der Waals surface area contributed by atoms with Crippen LogP contribution in [0.25, 0.3) is 0 Å². The van der Waals surface area contributed by atoms with Crippen LogP contribution in [0.1, 0.15) is 46.0 Å². The van der Waals surface area contributed by atoms with Gasteiger partial charge in [0.25, 0.3) is 0 Å². The van der Waals surface area contributed by atoms with Gasteiger partial charge in [-0.15, -0.1) is 0 Å². The van der Waals surface area contributed by atoms with E-state index in [0.29, 0.717) is 32.5 Å². The average Bonchev–Trinajstić information content (AvgIpc) is 2.47. The van der Waals surface area contributed by atoms with Gasteiger partial charge in [-0.05, 0) is 25.8 Å². The summed E-state index contributed by atoms with van der Waals surface area (Å²) in [7, 11) is 0. The number of rotatable bonds is 10. The molecule has 0 aromatic heterocycles. The highest BCUT2D eigenvalue weighted by atomic mass is 16.2. The van der Waals surface area contributed by atoms with Gasteiger partial charge in [0, 0.05) is 19.6 Å². The van der Waals surface area contributed by atoms with Crippen LogP contribution in [0.4, 0.5) is 0 Å². The number of nitrogens with zero attached hydrogens (tertiary/aromatic N) is 2. The number of imide groups is 1. The fraction of sp³-hybridized carbons (Fsp3) is 0.786. The van der Waals surface area contributed by atoms with Crippen LogP contribution in [0.2, 0.25) is 0 Å². The van der Waals surface area contributed by atoms with Crippen molar-refractivity contribution in [2.75, 3.05) is 26.2 Å². The van der Waals surface area contributed by atoms with E-state index < -0.39 is 11.8 Å². The quantitative estimate of drug-likeness (QED) is 0.474. The summed E-state index contributed by atoms with van der Waals surface area (Å²) in [6, 6.07) is 0. The lowest BCUT2D eigenvalue weighted by Crippen LogP contribution is -2.46. The molecule has 0 aromatic rings. The molecule has 0 saturated heterocycles. The fourth-order valence-electron chi connectivity index (χ4n) is 1.73. The molecule has 20 heavy (non-hydrogen) atoms. The van der Waals surface area contributed by atoms with E-state index in [-0.39, 0.29) is 6.54 Å². The van der Waals surface area contributed by atoms with Crippen LogP contribution in [0, 0.1) is 0 Å². The van der Waals surface area contributed by atoms with Gasteiger partial charge in [-0.1, -0.05) is 26.7 Å². The van der Waals surface area contributed by atoms with Crippen molar-refractivity contribution in [3.8, 4) is 0 Å².